The van der Waals surface area contributed by atoms with Gasteiger partial charge in [-0.15, -0.1) is 0 Å². The van der Waals surface area contributed by atoms with Crippen molar-refractivity contribution in [1.29, 1.82) is 0 Å². The van der Waals surface area contributed by atoms with Crippen molar-refractivity contribution >= 4 is 3.21 Å². The van der Waals surface area contributed by atoms with Gasteiger partial charge in [0, 0.05) is 0 Å². The van der Waals surface area contributed by atoms with Crippen LogP contribution in [0.2, 0.25) is 0 Å². The molecule has 1 atom stereocenters. The van der Waals surface area contributed by atoms with Gasteiger partial charge in [0.05, 0.1) is 0 Å². The summed E-state index contributed by atoms with van der Waals surface area (Å²) in [5.74, 6) is 0.591. The molecule has 2 aromatic rings. The second-order valence-corrected chi connectivity index (χ2v) is 27.0. The second kappa shape index (κ2) is 14.1. The minimum Gasteiger partial charge on any atom is -1.00 e. The topological polar surface area (TPSA) is 0 Å². The first-order valence-corrected chi connectivity index (χ1v) is 21.7. The molecule has 3 heteroatoms. The van der Waals surface area contributed by atoms with Crippen LogP contribution in [0.15, 0.2) is 45.3 Å². The van der Waals surface area contributed by atoms with Gasteiger partial charge in [-0.2, -0.15) is 0 Å². The third-order valence-electron chi connectivity index (χ3n) is 10.2. The average molecular weight is 757 g/mol. The van der Waals surface area contributed by atoms with Crippen LogP contribution in [-0.4, -0.2) is 3.21 Å². The first kappa shape index (κ1) is 42.4. The minimum atomic E-state index is -2.45. The molecule has 0 aliphatic heterocycles. The van der Waals surface area contributed by atoms with E-state index >= 15 is 0 Å². The van der Waals surface area contributed by atoms with Gasteiger partial charge in [0.2, 0.25) is 0 Å². The smallest absolute Gasteiger partial charge is 1.00 e. The van der Waals surface area contributed by atoms with Crippen molar-refractivity contribution < 1.29 is 46.1 Å². The summed E-state index contributed by atoms with van der Waals surface area (Å²) in [6.07, 6.45) is 7.88. The number of fused-ring (bicyclic) bond motifs is 3. The normalized spacial score (nSPS) is 16.7. The molecule has 0 radical (unpaired) electrons. The van der Waals surface area contributed by atoms with Crippen molar-refractivity contribution in [3.05, 3.63) is 78.7 Å². The fraction of sp³-hybridized carbons (Fsp3) is 0.614. The molecular weight excluding hydrogens is 691 g/mol. The maximum Gasteiger partial charge on any atom is -1.00 e. The fourth-order valence-corrected chi connectivity index (χ4v) is 16.5. The van der Waals surface area contributed by atoms with Gasteiger partial charge in [0.25, 0.3) is 0 Å². The van der Waals surface area contributed by atoms with Crippen molar-refractivity contribution in [2.24, 2.45) is 11.3 Å². The third kappa shape index (κ3) is 8.42. The Kier molecular flexibility index (Phi) is 12.7. The average Bonchev–Trinajstić information content (AvgIpc) is 3.40. The molecule has 2 aliphatic rings. The molecule has 2 aliphatic carbocycles. The molecule has 0 bridgehead atoms. The van der Waals surface area contributed by atoms with Crippen LogP contribution in [0.25, 0.3) is 11.1 Å². The van der Waals surface area contributed by atoms with E-state index in [0.717, 1.165) is 0 Å². The zero-order chi connectivity index (χ0) is 34.2. The molecule has 0 saturated carbocycles. The predicted molar refractivity (Wildman–Crippen MR) is 199 cm³/mol. The Labute approximate surface area is 311 Å². The number of halogens is 2. The van der Waals surface area contributed by atoms with Crippen molar-refractivity contribution in [2.75, 3.05) is 0 Å². The van der Waals surface area contributed by atoms with E-state index in [1.807, 2.05) is 3.28 Å². The van der Waals surface area contributed by atoms with Gasteiger partial charge >= 0.3 is 288 Å². The van der Waals surface area contributed by atoms with Crippen molar-refractivity contribution in [2.45, 2.75) is 163 Å². The molecular formula is C44H66Cl2Zr. The fourth-order valence-electron chi connectivity index (χ4n) is 7.80. The molecule has 0 nitrogen and oxygen atoms in total. The molecule has 0 N–H and O–H groups in total. The van der Waals surface area contributed by atoms with Crippen molar-refractivity contribution in [1.82, 2.24) is 0 Å². The van der Waals surface area contributed by atoms with E-state index in [4.69, 9.17) is 0 Å². The van der Waals surface area contributed by atoms with Crippen molar-refractivity contribution in [3.8, 4) is 11.1 Å². The molecule has 47 heavy (non-hydrogen) atoms. The Morgan fingerprint density at radius 2 is 0.936 bits per heavy atom. The van der Waals surface area contributed by atoms with E-state index in [1.165, 1.54) is 46.2 Å². The molecule has 260 valence electrons. The maximum atomic E-state index is 2.71. The Bertz CT molecular complexity index is 1490. The summed E-state index contributed by atoms with van der Waals surface area (Å²) in [5, 5.41) is 0. The molecule has 4 rings (SSSR count). The van der Waals surface area contributed by atoms with E-state index < -0.39 is 21.3 Å². The number of rotatable bonds is 4. The SMILES string of the molecule is CCCC1C=C(C(C)(C)C)C=[C]1[Zr+2](=[C](C)C)[CH]1c2cc(C(C)(C)C)c(C(C)(C)C)cc2-c2cc(C(C)(C)C)c(C(C)(C)C)cc21.[Cl-].[Cl-]. The first-order valence-electron chi connectivity index (χ1n) is 17.8. The summed E-state index contributed by atoms with van der Waals surface area (Å²) in [4.78, 5) is 0. The van der Waals surface area contributed by atoms with Crippen LogP contribution in [0.5, 0.6) is 0 Å². The van der Waals surface area contributed by atoms with Gasteiger partial charge in [-0.25, -0.2) is 0 Å². The van der Waals surface area contributed by atoms with E-state index in [2.05, 4.69) is 161 Å². The largest absolute Gasteiger partial charge is 1.00 e. The summed E-state index contributed by atoms with van der Waals surface area (Å²) in [6.45, 7) is 43.5. The summed E-state index contributed by atoms with van der Waals surface area (Å²) in [5.41, 5.74) is 14.5. The Balaban J connectivity index is 0.00000384. The van der Waals surface area contributed by atoms with Crippen LogP contribution in [0.1, 0.15) is 174 Å². The molecule has 2 aromatic carbocycles. The van der Waals surface area contributed by atoms with E-state index in [0.29, 0.717) is 9.54 Å². The summed E-state index contributed by atoms with van der Waals surface area (Å²) in [6, 6.07) is 10.7. The molecule has 0 amide bonds. The summed E-state index contributed by atoms with van der Waals surface area (Å²) < 4.78 is 4.07. The Hall–Kier alpha value is -0.747. The predicted octanol–water partition coefficient (Wildman–Crippen LogP) is 7.07. The van der Waals surface area contributed by atoms with Gasteiger partial charge in [-0.05, 0) is 0 Å². The number of hydrogen-bond donors (Lipinski definition) is 0. The number of hydrogen-bond acceptors (Lipinski definition) is 0. The van der Waals surface area contributed by atoms with Crippen LogP contribution in [0.4, 0.5) is 0 Å². The van der Waals surface area contributed by atoms with Gasteiger partial charge in [0.15, 0.2) is 0 Å². The zero-order valence-corrected chi connectivity index (χ0v) is 37.3. The summed E-state index contributed by atoms with van der Waals surface area (Å²) >= 11 is -2.45. The van der Waals surface area contributed by atoms with E-state index in [1.54, 1.807) is 19.9 Å². The third-order valence-corrected chi connectivity index (χ3v) is 18.6. The van der Waals surface area contributed by atoms with Gasteiger partial charge in [-0.1, -0.05) is 0 Å². The summed E-state index contributed by atoms with van der Waals surface area (Å²) in [7, 11) is 0. The zero-order valence-electron chi connectivity index (χ0n) is 33.3. The van der Waals surface area contributed by atoms with Crippen LogP contribution in [0.3, 0.4) is 0 Å². The first-order chi connectivity index (χ1) is 20.3. The van der Waals surface area contributed by atoms with Gasteiger partial charge in [-0.3, -0.25) is 0 Å². The second-order valence-electron chi connectivity index (χ2n) is 19.7. The van der Waals surface area contributed by atoms with E-state index in [-0.39, 0.29) is 51.9 Å². The quantitative estimate of drug-likeness (QED) is 0.314. The van der Waals surface area contributed by atoms with Crippen LogP contribution in [0, 0.1) is 11.3 Å². The molecule has 0 spiro atoms. The van der Waals surface area contributed by atoms with Gasteiger partial charge < -0.3 is 24.8 Å². The minimum absolute atomic E-state index is 0. The van der Waals surface area contributed by atoms with Crippen LogP contribution in [-0.2, 0) is 42.9 Å². The molecule has 0 heterocycles. The molecule has 1 unspecified atom stereocenters. The van der Waals surface area contributed by atoms with Crippen molar-refractivity contribution in [3.63, 3.8) is 0 Å². The van der Waals surface area contributed by atoms with Crippen LogP contribution < -0.4 is 24.8 Å². The standard InChI is InChI=1S/C29H41.C12H19.C3H6.2ClH.Zr/c1-26(2,3)22-14-18-13-19-15-23(27(4,5)6)25(29(10,11)12)17-21(19)20(18)16-24(22)28(7,8)9;1-5-6-10-7-8-11(9-10)12(2,3)4;1-3-2;;;/h13-17H,1-12H3;8-10H,5-6H2,1-4H3;1-2H3;2*1H;/q;;;;;+2/p-2. The monoisotopic (exact) mass is 754 g/mol. The number of allylic oxidation sites excluding steroid dienone is 4. The molecule has 0 aromatic heterocycles. The molecule has 0 fully saturated rings. The Morgan fingerprint density at radius 1 is 0.574 bits per heavy atom. The van der Waals surface area contributed by atoms with Crippen LogP contribution >= 0.6 is 0 Å². The number of benzene rings is 2. The van der Waals surface area contributed by atoms with Gasteiger partial charge in [0.1, 0.15) is 0 Å². The van der Waals surface area contributed by atoms with E-state index in [9.17, 15) is 0 Å². The molecule has 0 saturated heterocycles. The maximum absolute atomic E-state index is 2.71. The Morgan fingerprint density at radius 3 is 1.23 bits per heavy atom.